The van der Waals surface area contributed by atoms with E-state index in [1.807, 2.05) is 30.3 Å². The first-order chi connectivity index (χ1) is 12.5. The fraction of sp³-hybridized carbons (Fsp3) is 0.211. The topological polar surface area (TPSA) is 61.8 Å². The predicted octanol–water partition coefficient (Wildman–Crippen LogP) is 2.76. The first-order valence-electron chi connectivity index (χ1n) is 8.17. The summed E-state index contributed by atoms with van der Waals surface area (Å²) in [5.41, 5.74) is 1.59. The Kier molecular flexibility index (Phi) is 5.36. The Balaban J connectivity index is 1.65. The number of carbonyl (C=O) groups excluding carboxylic acids is 2. The molecule has 0 saturated carbocycles. The van der Waals surface area contributed by atoms with E-state index in [2.05, 4.69) is 10.4 Å². The van der Waals surface area contributed by atoms with Gasteiger partial charge in [-0.15, -0.1) is 0 Å². The van der Waals surface area contributed by atoms with Gasteiger partial charge in [0.1, 0.15) is 5.71 Å². The van der Waals surface area contributed by atoms with Gasteiger partial charge in [-0.1, -0.05) is 36.4 Å². The van der Waals surface area contributed by atoms with E-state index < -0.39 is 17.5 Å². The lowest BCUT2D eigenvalue weighted by Gasteiger charge is -2.23. The van der Waals surface area contributed by atoms with Crippen molar-refractivity contribution in [1.29, 1.82) is 0 Å². The second kappa shape index (κ2) is 7.86. The first-order valence-corrected chi connectivity index (χ1v) is 8.17. The zero-order chi connectivity index (χ0) is 18.5. The summed E-state index contributed by atoms with van der Waals surface area (Å²) in [5, 5.41) is 8.06. The van der Waals surface area contributed by atoms with Gasteiger partial charge in [-0.2, -0.15) is 5.10 Å². The highest BCUT2D eigenvalue weighted by Gasteiger charge is 2.24. The third-order valence-electron chi connectivity index (χ3n) is 3.98. The summed E-state index contributed by atoms with van der Waals surface area (Å²) in [5.74, 6) is -2.48. The highest BCUT2D eigenvalue weighted by Crippen LogP contribution is 2.14. The number of nitrogens with one attached hydrogen (secondary N) is 1. The quantitative estimate of drug-likeness (QED) is 0.894. The van der Waals surface area contributed by atoms with Crippen molar-refractivity contribution >= 4 is 17.5 Å². The van der Waals surface area contributed by atoms with Crippen molar-refractivity contribution in [2.75, 3.05) is 0 Å². The highest BCUT2D eigenvalue weighted by molar-refractivity contribution is 6.39. The Morgan fingerprint density at radius 2 is 1.81 bits per heavy atom. The molecular formula is C19H17F2N3O2. The van der Waals surface area contributed by atoms with Crippen LogP contribution in [0.2, 0.25) is 0 Å². The molecule has 0 spiro atoms. The summed E-state index contributed by atoms with van der Waals surface area (Å²) >= 11 is 0. The van der Waals surface area contributed by atoms with Crippen LogP contribution in [-0.4, -0.2) is 22.5 Å². The molecule has 1 aliphatic rings. The number of amides is 2. The summed E-state index contributed by atoms with van der Waals surface area (Å²) < 4.78 is 26.1. The van der Waals surface area contributed by atoms with Crippen LogP contribution in [0.15, 0.2) is 53.6 Å². The molecule has 2 aromatic carbocycles. The monoisotopic (exact) mass is 357 g/mol. The molecule has 2 aromatic rings. The maximum absolute atomic E-state index is 13.2. The Bertz CT molecular complexity index is 853. The zero-order valence-electron chi connectivity index (χ0n) is 13.9. The minimum Gasteiger partial charge on any atom is -0.347 e. The highest BCUT2D eigenvalue weighted by atomic mass is 19.2. The summed E-state index contributed by atoms with van der Waals surface area (Å²) in [7, 11) is 0. The van der Waals surface area contributed by atoms with E-state index in [1.165, 1.54) is 11.1 Å². The molecule has 1 aliphatic heterocycles. The van der Waals surface area contributed by atoms with Crippen LogP contribution in [0.25, 0.3) is 0 Å². The molecule has 0 unspecified atom stereocenters. The average molecular weight is 357 g/mol. The number of benzene rings is 2. The third-order valence-corrected chi connectivity index (χ3v) is 3.98. The zero-order valence-corrected chi connectivity index (χ0v) is 13.9. The molecule has 0 aromatic heterocycles. The number of carbonyl (C=O) groups is 2. The molecule has 1 N–H and O–H groups in total. The van der Waals surface area contributed by atoms with E-state index in [0.29, 0.717) is 12.1 Å². The van der Waals surface area contributed by atoms with E-state index in [-0.39, 0.29) is 31.0 Å². The molecule has 0 aliphatic carbocycles. The number of hydrogen-bond donors (Lipinski definition) is 1. The van der Waals surface area contributed by atoms with Crippen molar-refractivity contribution in [1.82, 2.24) is 10.3 Å². The molecule has 0 atom stereocenters. The molecule has 0 fully saturated rings. The van der Waals surface area contributed by atoms with Gasteiger partial charge in [0, 0.05) is 19.4 Å². The lowest BCUT2D eigenvalue weighted by molar-refractivity contribution is -0.132. The summed E-state index contributed by atoms with van der Waals surface area (Å²) in [6, 6.07) is 12.8. The molecular weight excluding hydrogens is 340 g/mol. The van der Waals surface area contributed by atoms with Crippen LogP contribution < -0.4 is 5.32 Å². The van der Waals surface area contributed by atoms with Gasteiger partial charge >= 0.3 is 0 Å². The van der Waals surface area contributed by atoms with Crippen LogP contribution in [0.5, 0.6) is 0 Å². The van der Waals surface area contributed by atoms with Crippen LogP contribution in [0.1, 0.15) is 24.0 Å². The standard InChI is InChI=1S/C19H17F2N3O2/c20-15-7-6-14(10-16(15)21)11-22-19(26)17-8-9-18(25)24(23-17)12-13-4-2-1-3-5-13/h1-7,10H,8-9,11-12H2,(H,22,26). The van der Waals surface area contributed by atoms with E-state index in [1.54, 1.807) is 0 Å². The molecule has 0 radical (unpaired) electrons. The van der Waals surface area contributed by atoms with Gasteiger partial charge in [-0.25, -0.2) is 13.8 Å². The first kappa shape index (κ1) is 17.7. The van der Waals surface area contributed by atoms with Crippen molar-refractivity contribution in [3.63, 3.8) is 0 Å². The molecule has 1 heterocycles. The van der Waals surface area contributed by atoms with Gasteiger partial charge < -0.3 is 5.32 Å². The van der Waals surface area contributed by atoms with E-state index in [9.17, 15) is 18.4 Å². The van der Waals surface area contributed by atoms with E-state index in [4.69, 9.17) is 0 Å². The van der Waals surface area contributed by atoms with Crippen LogP contribution in [0, 0.1) is 11.6 Å². The minimum atomic E-state index is -0.966. The van der Waals surface area contributed by atoms with Crippen LogP contribution >= 0.6 is 0 Å². The Morgan fingerprint density at radius 3 is 2.54 bits per heavy atom. The molecule has 0 saturated heterocycles. The summed E-state index contributed by atoms with van der Waals surface area (Å²) in [6.07, 6.45) is 0.442. The normalized spacial score (nSPS) is 14.2. The molecule has 3 rings (SSSR count). The predicted molar refractivity (Wildman–Crippen MR) is 91.9 cm³/mol. The van der Waals surface area contributed by atoms with Crippen molar-refractivity contribution < 1.29 is 18.4 Å². The fourth-order valence-corrected chi connectivity index (χ4v) is 2.58. The molecule has 2 amide bonds. The molecule has 134 valence electrons. The SMILES string of the molecule is O=C(NCc1ccc(F)c(F)c1)C1=NN(Cc2ccccc2)C(=O)CC1. The summed E-state index contributed by atoms with van der Waals surface area (Å²) in [4.78, 5) is 24.3. The van der Waals surface area contributed by atoms with Crippen LogP contribution in [0.4, 0.5) is 8.78 Å². The van der Waals surface area contributed by atoms with Gasteiger partial charge in [0.25, 0.3) is 5.91 Å². The van der Waals surface area contributed by atoms with E-state index >= 15 is 0 Å². The van der Waals surface area contributed by atoms with Gasteiger partial charge in [0.2, 0.25) is 5.91 Å². The van der Waals surface area contributed by atoms with Crippen molar-refractivity contribution in [2.24, 2.45) is 5.10 Å². The summed E-state index contributed by atoms with van der Waals surface area (Å²) in [6.45, 7) is 0.335. The minimum absolute atomic E-state index is 0.0433. The van der Waals surface area contributed by atoms with Crippen molar-refractivity contribution in [3.8, 4) is 0 Å². The van der Waals surface area contributed by atoms with E-state index in [0.717, 1.165) is 17.7 Å². The maximum atomic E-state index is 13.2. The number of nitrogens with zero attached hydrogens (tertiary/aromatic N) is 2. The average Bonchev–Trinajstić information content (AvgIpc) is 2.65. The van der Waals surface area contributed by atoms with Crippen molar-refractivity contribution in [2.45, 2.75) is 25.9 Å². The van der Waals surface area contributed by atoms with Gasteiger partial charge in [0.05, 0.1) is 6.54 Å². The van der Waals surface area contributed by atoms with Gasteiger partial charge in [-0.3, -0.25) is 9.59 Å². The number of halogens is 2. The molecule has 5 nitrogen and oxygen atoms in total. The Hall–Kier alpha value is -3.09. The second-order valence-corrected chi connectivity index (χ2v) is 5.91. The second-order valence-electron chi connectivity index (χ2n) is 5.91. The molecule has 0 bridgehead atoms. The van der Waals surface area contributed by atoms with Crippen LogP contribution in [0.3, 0.4) is 0 Å². The van der Waals surface area contributed by atoms with Crippen LogP contribution in [-0.2, 0) is 22.7 Å². The van der Waals surface area contributed by atoms with Gasteiger partial charge in [-0.05, 0) is 23.3 Å². The molecule has 7 heteroatoms. The van der Waals surface area contributed by atoms with Gasteiger partial charge in [0.15, 0.2) is 11.6 Å². The molecule has 26 heavy (non-hydrogen) atoms. The number of hydrogen-bond acceptors (Lipinski definition) is 3. The largest absolute Gasteiger partial charge is 0.347 e. The lowest BCUT2D eigenvalue weighted by atomic mass is 10.1. The maximum Gasteiger partial charge on any atom is 0.267 e. The number of hydrazone groups is 1. The Labute approximate surface area is 149 Å². The number of rotatable bonds is 5. The fourth-order valence-electron chi connectivity index (χ4n) is 2.58. The smallest absolute Gasteiger partial charge is 0.267 e. The Morgan fingerprint density at radius 1 is 1.04 bits per heavy atom. The van der Waals surface area contributed by atoms with Crippen molar-refractivity contribution in [3.05, 3.63) is 71.3 Å². The lowest BCUT2D eigenvalue weighted by Crippen LogP contribution is -2.38. The third kappa shape index (κ3) is 4.30.